The Morgan fingerprint density at radius 3 is 2.39 bits per heavy atom. The summed E-state index contributed by atoms with van der Waals surface area (Å²) in [5.41, 5.74) is 1.98. The SMILES string of the molecule is COc1ccc([C@H](c2sc3ncnn3c2O)N2CCN(c3ccc(F)cc3)CC2)cc1OC. The van der Waals surface area contributed by atoms with Gasteiger partial charge in [-0.05, 0) is 42.0 Å². The van der Waals surface area contributed by atoms with Gasteiger partial charge < -0.3 is 19.5 Å². The highest BCUT2D eigenvalue weighted by Gasteiger charge is 2.32. The molecule has 5 rings (SSSR count). The lowest BCUT2D eigenvalue weighted by Crippen LogP contribution is -2.47. The first-order chi connectivity index (χ1) is 16.1. The Labute approximate surface area is 194 Å². The molecule has 0 aliphatic carbocycles. The summed E-state index contributed by atoms with van der Waals surface area (Å²) in [7, 11) is 3.22. The predicted molar refractivity (Wildman–Crippen MR) is 124 cm³/mol. The summed E-state index contributed by atoms with van der Waals surface area (Å²) in [5, 5.41) is 15.1. The van der Waals surface area contributed by atoms with Crippen molar-refractivity contribution in [1.29, 1.82) is 0 Å². The number of rotatable bonds is 6. The minimum absolute atomic E-state index is 0.0910. The van der Waals surface area contributed by atoms with Crippen molar-refractivity contribution in [2.75, 3.05) is 45.3 Å². The molecule has 0 amide bonds. The summed E-state index contributed by atoms with van der Waals surface area (Å²) in [6.07, 6.45) is 1.43. The lowest BCUT2D eigenvalue weighted by atomic mass is 10.0. The fourth-order valence-corrected chi connectivity index (χ4v) is 5.40. The zero-order chi connectivity index (χ0) is 22.9. The van der Waals surface area contributed by atoms with E-state index in [2.05, 4.69) is 19.9 Å². The number of halogens is 1. The van der Waals surface area contributed by atoms with Gasteiger partial charge in [-0.25, -0.2) is 9.37 Å². The third-order valence-electron chi connectivity index (χ3n) is 5.98. The van der Waals surface area contributed by atoms with Crippen LogP contribution in [0, 0.1) is 5.82 Å². The average Bonchev–Trinajstić information content (AvgIpc) is 3.43. The monoisotopic (exact) mass is 469 g/mol. The quantitative estimate of drug-likeness (QED) is 0.463. The maximum atomic E-state index is 13.3. The molecule has 1 fully saturated rings. The van der Waals surface area contributed by atoms with Gasteiger partial charge in [-0.15, -0.1) is 0 Å². The molecule has 1 atom stereocenters. The molecule has 1 saturated heterocycles. The summed E-state index contributed by atoms with van der Waals surface area (Å²) in [6, 6.07) is 12.2. The van der Waals surface area contributed by atoms with Crippen LogP contribution in [0.3, 0.4) is 0 Å². The highest BCUT2D eigenvalue weighted by Crippen LogP contribution is 2.42. The van der Waals surface area contributed by atoms with Crippen LogP contribution in [0.1, 0.15) is 16.5 Å². The molecular formula is C23H24FN5O3S. The minimum atomic E-state index is -0.238. The molecule has 2 aromatic carbocycles. The van der Waals surface area contributed by atoms with Crippen LogP contribution in [-0.2, 0) is 0 Å². The summed E-state index contributed by atoms with van der Waals surface area (Å²) in [4.78, 5) is 10.2. The van der Waals surface area contributed by atoms with E-state index in [-0.39, 0.29) is 17.7 Å². The predicted octanol–water partition coefficient (Wildman–Crippen LogP) is 3.56. The molecule has 0 saturated carbocycles. The van der Waals surface area contributed by atoms with Crippen molar-refractivity contribution in [3.63, 3.8) is 0 Å². The topological polar surface area (TPSA) is 75.4 Å². The number of nitrogens with zero attached hydrogens (tertiary/aromatic N) is 5. The lowest BCUT2D eigenvalue weighted by molar-refractivity contribution is 0.210. The maximum Gasteiger partial charge on any atom is 0.230 e. The molecule has 2 aromatic heterocycles. The number of anilines is 1. The molecule has 1 aliphatic rings. The van der Waals surface area contributed by atoms with E-state index in [4.69, 9.17) is 9.47 Å². The van der Waals surface area contributed by atoms with Gasteiger partial charge in [-0.2, -0.15) is 9.61 Å². The number of benzene rings is 2. The molecule has 0 radical (unpaired) electrons. The van der Waals surface area contributed by atoms with Crippen molar-refractivity contribution < 1.29 is 19.0 Å². The zero-order valence-corrected chi connectivity index (χ0v) is 19.1. The Kier molecular flexibility index (Phi) is 5.77. The van der Waals surface area contributed by atoms with E-state index in [1.54, 1.807) is 14.2 Å². The fraction of sp³-hybridized carbons (Fsp3) is 0.304. The number of fused-ring (bicyclic) bond motifs is 1. The average molecular weight is 470 g/mol. The van der Waals surface area contributed by atoms with Gasteiger partial charge in [0.1, 0.15) is 12.1 Å². The molecule has 172 valence electrons. The Morgan fingerprint density at radius 2 is 1.73 bits per heavy atom. The Bertz CT molecular complexity index is 1250. The number of hydrogen-bond acceptors (Lipinski definition) is 8. The molecule has 3 heterocycles. The van der Waals surface area contributed by atoms with Crippen molar-refractivity contribution in [3.05, 3.63) is 65.0 Å². The van der Waals surface area contributed by atoms with Gasteiger partial charge in [0.2, 0.25) is 10.8 Å². The van der Waals surface area contributed by atoms with Crippen LogP contribution >= 0.6 is 11.3 Å². The van der Waals surface area contributed by atoms with Crippen LogP contribution in [0.15, 0.2) is 48.8 Å². The van der Waals surface area contributed by atoms with Crippen molar-refractivity contribution in [1.82, 2.24) is 19.5 Å². The van der Waals surface area contributed by atoms with E-state index in [1.807, 2.05) is 30.3 Å². The highest BCUT2D eigenvalue weighted by molar-refractivity contribution is 7.17. The molecule has 0 spiro atoms. The Hall–Kier alpha value is -3.37. The Balaban J connectivity index is 1.49. The van der Waals surface area contributed by atoms with Crippen LogP contribution in [0.4, 0.5) is 10.1 Å². The number of piperazine rings is 1. The minimum Gasteiger partial charge on any atom is -0.493 e. The van der Waals surface area contributed by atoms with Crippen molar-refractivity contribution >= 4 is 22.0 Å². The molecule has 1 N–H and O–H groups in total. The first kappa shape index (κ1) is 21.5. The van der Waals surface area contributed by atoms with Crippen LogP contribution in [0.5, 0.6) is 17.4 Å². The van der Waals surface area contributed by atoms with Gasteiger partial charge in [-0.1, -0.05) is 17.4 Å². The van der Waals surface area contributed by atoms with E-state index in [9.17, 15) is 9.50 Å². The van der Waals surface area contributed by atoms with Crippen LogP contribution < -0.4 is 14.4 Å². The molecule has 4 aromatic rings. The standard InChI is InChI=1S/C23H24FN5O3S/c1-31-18-8-3-15(13-19(18)32-2)20(21-22(30)29-23(33-21)25-14-26-29)28-11-9-27(10-12-28)17-6-4-16(24)5-7-17/h3-8,13-14,20,30H,9-12H2,1-2H3/t20-/m1/s1. The first-order valence-electron chi connectivity index (χ1n) is 10.6. The van der Waals surface area contributed by atoms with E-state index in [0.717, 1.165) is 42.3 Å². The van der Waals surface area contributed by atoms with Crippen LogP contribution in [0.25, 0.3) is 4.96 Å². The normalized spacial score (nSPS) is 15.7. The van der Waals surface area contributed by atoms with Gasteiger partial charge in [0.05, 0.1) is 25.1 Å². The number of aromatic hydroxyl groups is 1. The Morgan fingerprint density at radius 1 is 1.00 bits per heavy atom. The largest absolute Gasteiger partial charge is 0.493 e. The molecule has 1 aliphatic heterocycles. The third kappa shape index (κ3) is 3.96. The van der Waals surface area contributed by atoms with Gasteiger partial charge >= 0.3 is 0 Å². The van der Waals surface area contributed by atoms with E-state index in [0.29, 0.717) is 16.5 Å². The summed E-state index contributed by atoms with van der Waals surface area (Å²) in [5.74, 6) is 1.13. The van der Waals surface area contributed by atoms with E-state index in [1.165, 1.54) is 34.3 Å². The maximum absolute atomic E-state index is 13.3. The smallest absolute Gasteiger partial charge is 0.230 e. The van der Waals surface area contributed by atoms with Gasteiger partial charge in [0.25, 0.3) is 0 Å². The van der Waals surface area contributed by atoms with Crippen molar-refractivity contribution in [2.24, 2.45) is 0 Å². The van der Waals surface area contributed by atoms with Crippen molar-refractivity contribution in [3.8, 4) is 17.4 Å². The summed E-state index contributed by atoms with van der Waals surface area (Å²) in [6.45, 7) is 3.06. The lowest BCUT2D eigenvalue weighted by Gasteiger charge is -2.40. The summed E-state index contributed by atoms with van der Waals surface area (Å²) >= 11 is 1.42. The van der Waals surface area contributed by atoms with Gasteiger partial charge in [0, 0.05) is 31.9 Å². The molecule has 8 nitrogen and oxygen atoms in total. The van der Waals surface area contributed by atoms with Crippen LogP contribution in [0.2, 0.25) is 0 Å². The van der Waals surface area contributed by atoms with E-state index >= 15 is 0 Å². The molecule has 33 heavy (non-hydrogen) atoms. The van der Waals surface area contributed by atoms with Gasteiger partial charge in [0.15, 0.2) is 11.5 Å². The summed E-state index contributed by atoms with van der Waals surface area (Å²) < 4.78 is 25.7. The third-order valence-corrected chi connectivity index (χ3v) is 7.07. The molecular weight excluding hydrogens is 445 g/mol. The van der Waals surface area contributed by atoms with Gasteiger partial charge in [-0.3, -0.25) is 4.90 Å². The highest BCUT2D eigenvalue weighted by atomic mass is 32.1. The fourth-order valence-electron chi connectivity index (χ4n) is 4.31. The number of thiazole rings is 1. The number of aromatic nitrogens is 3. The number of ether oxygens (including phenoxy) is 2. The molecule has 10 heteroatoms. The second-order valence-electron chi connectivity index (χ2n) is 7.76. The molecule has 0 unspecified atom stereocenters. The number of methoxy groups -OCH3 is 2. The van der Waals surface area contributed by atoms with Crippen molar-refractivity contribution in [2.45, 2.75) is 6.04 Å². The molecule has 0 bridgehead atoms. The van der Waals surface area contributed by atoms with Crippen LogP contribution in [-0.4, -0.2) is 65.0 Å². The second-order valence-corrected chi connectivity index (χ2v) is 8.77. The first-order valence-corrected chi connectivity index (χ1v) is 11.4. The zero-order valence-electron chi connectivity index (χ0n) is 18.3. The van der Waals surface area contributed by atoms with E-state index < -0.39 is 0 Å². The number of hydrogen-bond donors (Lipinski definition) is 1. The second kappa shape index (κ2) is 8.87.